The molecule has 1 aliphatic rings. The number of amides is 1. The van der Waals surface area contributed by atoms with Crippen LogP contribution in [0.5, 0.6) is 0 Å². The number of rotatable bonds is 4. The van der Waals surface area contributed by atoms with Crippen molar-refractivity contribution in [3.8, 4) is 0 Å². The van der Waals surface area contributed by atoms with Crippen LogP contribution < -0.4 is 0 Å². The molecule has 0 bridgehead atoms. The Labute approximate surface area is 136 Å². The second kappa shape index (κ2) is 6.29. The number of aldehydes is 1. The summed E-state index contributed by atoms with van der Waals surface area (Å²) in [4.78, 5) is 25.2. The lowest BCUT2D eigenvalue weighted by Crippen LogP contribution is -2.27. The van der Waals surface area contributed by atoms with Crippen molar-refractivity contribution in [1.82, 2.24) is 4.90 Å². The Morgan fingerprint density at radius 1 is 1.18 bits per heavy atom. The molecule has 0 radical (unpaired) electrons. The molecular formula is C16H11NO3S2. The normalized spacial score (nSPS) is 16.5. The Morgan fingerprint density at radius 3 is 2.55 bits per heavy atom. The Hall–Kier alpha value is -2.18. The Morgan fingerprint density at radius 2 is 1.91 bits per heavy atom. The molecule has 2 heterocycles. The smallest absolute Gasteiger partial charge is 0.266 e. The van der Waals surface area contributed by atoms with Crippen LogP contribution in [0.15, 0.2) is 52.0 Å². The molecule has 3 rings (SSSR count). The fourth-order valence-electron chi connectivity index (χ4n) is 2.02. The van der Waals surface area contributed by atoms with E-state index in [1.165, 1.54) is 16.7 Å². The van der Waals surface area contributed by atoms with Crippen molar-refractivity contribution < 1.29 is 14.0 Å². The van der Waals surface area contributed by atoms with Crippen molar-refractivity contribution in [3.05, 3.63) is 64.5 Å². The van der Waals surface area contributed by atoms with Crippen molar-refractivity contribution in [2.24, 2.45) is 0 Å². The van der Waals surface area contributed by atoms with Gasteiger partial charge in [-0.3, -0.25) is 14.5 Å². The lowest BCUT2D eigenvalue weighted by Gasteiger charge is -2.11. The van der Waals surface area contributed by atoms with Gasteiger partial charge in [0.05, 0.1) is 17.7 Å². The third kappa shape index (κ3) is 3.03. The van der Waals surface area contributed by atoms with Crippen molar-refractivity contribution in [2.75, 3.05) is 0 Å². The van der Waals surface area contributed by atoms with Crippen LogP contribution >= 0.6 is 24.0 Å². The zero-order valence-corrected chi connectivity index (χ0v) is 13.0. The highest BCUT2D eigenvalue weighted by molar-refractivity contribution is 8.26. The number of carbonyl (C=O) groups is 2. The molecule has 0 saturated carbocycles. The first-order valence-corrected chi connectivity index (χ1v) is 7.73. The van der Waals surface area contributed by atoms with Crippen LogP contribution in [0.25, 0.3) is 6.08 Å². The number of furan rings is 1. The Kier molecular flexibility index (Phi) is 4.22. The van der Waals surface area contributed by atoms with E-state index in [0.29, 0.717) is 27.1 Å². The van der Waals surface area contributed by atoms with E-state index in [-0.39, 0.29) is 5.91 Å². The van der Waals surface area contributed by atoms with Crippen LogP contribution in [0, 0.1) is 0 Å². The van der Waals surface area contributed by atoms with E-state index < -0.39 is 0 Å². The predicted octanol–water partition coefficient (Wildman–Crippen LogP) is 3.49. The van der Waals surface area contributed by atoms with Gasteiger partial charge >= 0.3 is 0 Å². The predicted molar refractivity (Wildman–Crippen MR) is 89.3 cm³/mol. The van der Waals surface area contributed by atoms with Gasteiger partial charge in [-0.1, -0.05) is 48.2 Å². The fraction of sp³-hybridized carbons (Fsp3) is 0.0625. The molecule has 0 spiro atoms. The number of benzene rings is 1. The molecule has 6 heteroatoms. The molecule has 0 aliphatic carbocycles. The first kappa shape index (κ1) is 14.7. The van der Waals surface area contributed by atoms with Gasteiger partial charge in [0.25, 0.3) is 5.91 Å². The lowest BCUT2D eigenvalue weighted by atomic mass is 10.1. The molecule has 0 unspecified atom stereocenters. The van der Waals surface area contributed by atoms with Crippen LogP contribution in [-0.2, 0) is 11.3 Å². The van der Waals surface area contributed by atoms with Gasteiger partial charge in [-0.05, 0) is 23.8 Å². The van der Waals surface area contributed by atoms with Crippen LogP contribution in [-0.4, -0.2) is 21.4 Å². The van der Waals surface area contributed by atoms with Gasteiger partial charge < -0.3 is 4.42 Å². The molecule has 0 atom stereocenters. The SMILES string of the molecule is O=Cc1ccc(/C=C2\SC(=S)N(Cc3ccco3)C2=O)cc1. The van der Waals surface area contributed by atoms with Crippen LogP contribution in [0.1, 0.15) is 21.7 Å². The molecule has 1 aromatic heterocycles. The molecule has 1 saturated heterocycles. The summed E-state index contributed by atoms with van der Waals surface area (Å²) in [5, 5.41) is 0. The van der Waals surface area contributed by atoms with E-state index in [1.807, 2.05) is 0 Å². The Bertz CT molecular complexity index is 748. The monoisotopic (exact) mass is 329 g/mol. The number of thiocarbonyl (C=S) groups is 1. The quantitative estimate of drug-likeness (QED) is 0.488. The second-order valence-corrected chi connectivity index (χ2v) is 6.31. The number of hydrogen-bond acceptors (Lipinski definition) is 5. The van der Waals surface area contributed by atoms with Gasteiger partial charge in [-0.2, -0.15) is 0 Å². The van der Waals surface area contributed by atoms with Crippen molar-refractivity contribution in [2.45, 2.75) is 6.54 Å². The second-order valence-electron chi connectivity index (χ2n) is 4.63. The minimum atomic E-state index is -0.133. The topological polar surface area (TPSA) is 50.5 Å². The van der Waals surface area contributed by atoms with Gasteiger partial charge in [0.2, 0.25) is 0 Å². The van der Waals surface area contributed by atoms with Gasteiger partial charge in [0.1, 0.15) is 16.4 Å². The number of nitrogens with zero attached hydrogens (tertiary/aromatic N) is 1. The van der Waals surface area contributed by atoms with Crippen LogP contribution in [0.3, 0.4) is 0 Å². The summed E-state index contributed by atoms with van der Waals surface area (Å²) in [6, 6.07) is 10.6. The average molecular weight is 329 g/mol. The highest BCUT2D eigenvalue weighted by atomic mass is 32.2. The molecule has 4 nitrogen and oxygen atoms in total. The summed E-state index contributed by atoms with van der Waals surface area (Å²) in [5.41, 5.74) is 1.45. The molecule has 1 amide bonds. The van der Waals surface area contributed by atoms with E-state index in [2.05, 4.69) is 0 Å². The molecule has 1 fully saturated rings. The van der Waals surface area contributed by atoms with E-state index >= 15 is 0 Å². The molecule has 110 valence electrons. The summed E-state index contributed by atoms with van der Waals surface area (Å²) in [7, 11) is 0. The van der Waals surface area contributed by atoms with Crippen molar-refractivity contribution >= 4 is 46.6 Å². The van der Waals surface area contributed by atoms with E-state index in [0.717, 1.165) is 11.8 Å². The van der Waals surface area contributed by atoms with Crippen LogP contribution in [0.2, 0.25) is 0 Å². The Balaban J connectivity index is 1.80. The number of thioether (sulfide) groups is 1. The molecular weight excluding hydrogens is 318 g/mol. The average Bonchev–Trinajstić information content (AvgIpc) is 3.13. The molecule has 2 aromatic rings. The third-order valence-electron chi connectivity index (χ3n) is 3.14. The summed E-state index contributed by atoms with van der Waals surface area (Å²) in [6.45, 7) is 0.332. The number of hydrogen-bond donors (Lipinski definition) is 0. The maximum Gasteiger partial charge on any atom is 0.266 e. The molecule has 22 heavy (non-hydrogen) atoms. The zero-order chi connectivity index (χ0) is 15.5. The minimum absolute atomic E-state index is 0.133. The summed E-state index contributed by atoms with van der Waals surface area (Å²) in [6.07, 6.45) is 4.13. The number of carbonyl (C=O) groups excluding carboxylic acids is 2. The van der Waals surface area contributed by atoms with Crippen LogP contribution in [0.4, 0.5) is 0 Å². The maximum atomic E-state index is 12.4. The van der Waals surface area contributed by atoms with Gasteiger partial charge in [-0.15, -0.1) is 0 Å². The van der Waals surface area contributed by atoms with E-state index in [4.69, 9.17) is 16.6 Å². The fourth-order valence-corrected chi connectivity index (χ4v) is 3.27. The first-order valence-electron chi connectivity index (χ1n) is 6.50. The van der Waals surface area contributed by atoms with Gasteiger partial charge in [0.15, 0.2) is 0 Å². The van der Waals surface area contributed by atoms with Crippen molar-refractivity contribution in [3.63, 3.8) is 0 Å². The van der Waals surface area contributed by atoms with Gasteiger partial charge in [0, 0.05) is 5.56 Å². The summed E-state index contributed by atoms with van der Waals surface area (Å²) < 4.78 is 5.77. The highest BCUT2D eigenvalue weighted by Crippen LogP contribution is 2.33. The standard InChI is InChI=1S/C16H11NO3S2/c18-10-12-5-3-11(4-6-12)8-14-15(19)17(16(21)22-14)9-13-2-1-7-20-13/h1-8,10H,9H2/b14-8-. The lowest BCUT2D eigenvalue weighted by molar-refractivity contribution is -0.122. The minimum Gasteiger partial charge on any atom is -0.467 e. The first-order chi connectivity index (χ1) is 10.7. The molecule has 0 N–H and O–H groups in total. The molecule has 1 aromatic carbocycles. The molecule has 1 aliphatic heterocycles. The van der Waals surface area contributed by atoms with E-state index in [9.17, 15) is 9.59 Å². The van der Waals surface area contributed by atoms with Gasteiger partial charge in [-0.25, -0.2) is 0 Å². The van der Waals surface area contributed by atoms with Crippen molar-refractivity contribution in [1.29, 1.82) is 0 Å². The maximum absolute atomic E-state index is 12.4. The third-order valence-corrected chi connectivity index (χ3v) is 4.52. The highest BCUT2D eigenvalue weighted by Gasteiger charge is 2.32. The van der Waals surface area contributed by atoms with E-state index in [1.54, 1.807) is 48.7 Å². The summed E-state index contributed by atoms with van der Waals surface area (Å²) in [5.74, 6) is 0.554. The zero-order valence-electron chi connectivity index (χ0n) is 11.4. The largest absolute Gasteiger partial charge is 0.467 e. The summed E-state index contributed by atoms with van der Waals surface area (Å²) >= 11 is 6.53.